The molecule has 1 N–H and O–H groups in total. The summed E-state index contributed by atoms with van der Waals surface area (Å²) in [5.74, 6) is 2.27. The third kappa shape index (κ3) is 3.86. The van der Waals surface area contributed by atoms with Crippen molar-refractivity contribution in [2.24, 2.45) is 0 Å². The summed E-state index contributed by atoms with van der Waals surface area (Å²) in [5.41, 5.74) is 2.93. The third-order valence-electron chi connectivity index (χ3n) is 4.30. The van der Waals surface area contributed by atoms with Crippen molar-refractivity contribution in [3.8, 4) is 17.1 Å². The minimum Gasteiger partial charge on any atom is -0.497 e. The Morgan fingerprint density at radius 1 is 0.926 bits per heavy atom. The lowest BCUT2D eigenvalue weighted by atomic mass is 10.1. The van der Waals surface area contributed by atoms with Gasteiger partial charge >= 0.3 is 0 Å². The van der Waals surface area contributed by atoms with E-state index in [4.69, 9.17) is 26.3 Å². The van der Waals surface area contributed by atoms with Gasteiger partial charge in [-0.2, -0.15) is 0 Å². The van der Waals surface area contributed by atoms with E-state index >= 15 is 0 Å². The molecule has 4 aromatic rings. The Bertz CT molecular complexity index is 1080. The number of methoxy groups -OCH3 is 1. The van der Waals surface area contributed by atoms with Gasteiger partial charge in [0.15, 0.2) is 5.82 Å². The first-order chi connectivity index (χ1) is 13.2. The number of hydrogen-bond donors (Lipinski definition) is 1. The van der Waals surface area contributed by atoms with Crippen molar-refractivity contribution in [3.05, 3.63) is 83.4 Å². The average molecular weight is 376 g/mol. The van der Waals surface area contributed by atoms with Crippen LogP contribution in [0.4, 0.5) is 5.82 Å². The summed E-state index contributed by atoms with van der Waals surface area (Å²) in [5, 5.41) is 5.14. The Labute approximate surface area is 162 Å². The van der Waals surface area contributed by atoms with Gasteiger partial charge in [0.2, 0.25) is 0 Å². The highest BCUT2D eigenvalue weighted by atomic mass is 35.5. The van der Waals surface area contributed by atoms with Gasteiger partial charge in [0.1, 0.15) is 11.6 Å². The van der Waals surface area contributed by atoms with E-state index in [-0.39, 0.29) is 0 Å². The molecule has 3 aromatic carbocycles. The maximum absolute atomic E-state index is 6.09. The van der Waals surface area contributed by atoms with Crippen molar-refractivity contribution in [2.45, 2.75) is 6.54 Å². The van der Waals surface area contributed by atoms with E-state index in [1.54, 1.807) is 7.11 Å². The van der Waals surface area contributed by atoms with Gasteiger partial charge in [-0.1, -0.05) is 35.9 Å². The number of rotatable bonds is 5. The SMILES string of the molecule is COc1ccc(-c2nc(NCc3cccc(Cl)c3)c3ccccc3n2)cc1. The first kappa shape index (κ1) is 17.3. The molecule has 0 fully saturated rings. The molecule has 1 aromatic heterocycles. The van der Waals surface area contributed by atoms with Crippen LogP contribution in [0.15, 0.2) is 72.8 Å². The minimum atomic E-state index is 0.629. The molecule has 4 nitrogen and oxygen atoms in total. The first-order valence-electron chi connectivity index (χ1n) is 8.62. The van der Waals surface area contributed by atoms with Crippen molar-refractivity contribution < 1.29 is 4.74 Å². The van der Waals surface area contributed by atoms with E-state index < -0.39 is 0 Å². The van der Waals surface area contributed by atoms with E-state index in [1.165, 1.54) is 0 Å². The highest BCUT2D eigenvalue weighted by molar-refractivity contribution is 6.30. The molecule has 5 heteroatoms. The largest absolute Gasteiger partial charge is 0.497 e. The van der Waals surface area contributed by atoms with Crippen LogP contribution in [0.25, 0.3) is 22.3 Å². The second kappa shape index (κ2) is 7.64. The standard InChI is InChI=1S/C22H18ClN3O/c1-27-18-11-9-16(10-12-18)21-25-20-8-3-2-7-19(20)22(26-21)24-14-15-5-4-6-17(23)13-15/h2-13H,14H2,1H3,(H,24,25,26). The number of para-hydroxylation sites is 1. The van der Waals surface area contributed by atoms with Crippen LogP contribution in [-0.2, 0) is 6.54 Å². The number of anilines is 1. The van der Waals surface area contributed by atoms with E-state index in [0.717, 1.165) is 38.6 Å². The normalized spacial score (nSPS) is 10.7. The zero-order chi connectivity index (χ0) is 18.6. The number of nitrogens with zero attached hydrogens (tertiary/aromatic N) is 2. The molecule has 134 valence electrons. The summed E-state index contributed by atoms with van der Waals surface area (Å²) in [7, 11) is 1.65. The first-order valence-corrected chi connectivity index (χ1v) is 9.00. The van der Waals surface area contributed by atoms with Crippen LogP contribution in [0.3, 0.4) is 0 Å². The van der Waals surface area contributed by atoms with Crippen molar-refractivity contribution in [1.82, 2.24) is 9.97 Å². The molecule has 0 aliphatic carbocycles. The minimum absolute atomic E-state index is 0.629. The van der Waals surface area contributed by atoms with Crippen LogP contribution >= 0.6 is 11.6 Å². The Morgan fingerprint density at radius 3 is 2.52 bits per heavy atom. The number of benzene rings is 3. The van der Waals surface area contributed by atoms with Crippen LogP contribution in [0.5, 0.6) is 5.75 Å². The van der Waals surface area contributed by atoms with Gasteiger partial charge in [-0.3, -0.25) is 0 Å². The van der Waals surface area contributed by atoms with Crippen molar-refractivity contribution in [3.63, 3.8) is 0 Å². The molecule has 0 spiro atoms. The molecule has 27 heavy (non-hydrogen) atoms. The predicted octanol–water partition coefficient (Wildman–Crippen LogP) is 5.57. The number of ether oxygens (including phenoxy) is 1. The van der Waals surface area contributed by atoms with Crippen molar-refractivity contribution in [1.29, 1.82) is 0 Å². The van der Waals surface area contributed by atoms with Crippen LogP contribution in [0.1, 0.15) is 5.56 Å². The van der Waals surface area contributed by atoms with Gasteiger partial charge in [0.25, 0.3) is 0 Å². The summed E-state index contributed by atoms with van der Waals surface area (Å²) < 4.78 is 5.23. The Kier molecular flexibility index (Phi) is 4.90. The molecule has 0 bridgehead atoms. The molecule has 0 aliphatic heterocycles. The van der Waals surface area contributed by atoms with E-state index in [2.05, 4.69) is 5.32 Å². The predicted molar refractivity (Wildman–Crippen MR) is 110 cm³/mol. The fraction of sp³-hybridized carbons (Fsp3) is 0.0909. The molecule has 1 heterocycles. The Balaban J connectivity index is 1.71. The number of nitrogens with one attached hydrogen (secondary N) is 1. The van der Waals surface area contributed by atoms with Crippen molar-refractivity contribution >= 4 is 28.3 Å². The summed E-state index contributed by atoms with van der Waals surface area (Å²) in [4.78, 5) is 9.49. The summed E-state index contributed by atoms with van der Waals surface area (Å²) in [6, 6.07) is 23.5. The molecule has 0 atom stereocenters. The number of fused-ring (bicyclic) bond motifs is 1. The lowest BCUT2D eigenvalue weighted by molar-refractivity contribution is 0.415. The van der Waals surface area contributed by atoms with E-state index in [0.29, 0.717) is 12.4 Å². The molecule has 0 aliphatic rings. The zero-order valence-electron chi connectivity index (χ0n) is 14.8. The van der Waals surface area contributed by atoms with Crippen LogP contribution in [0, 0.1) is 0 Å². The van der Waals surface area contributed by atoms with Gasteiger partial charge in [-0.15, -0.1) is 0 Å². The van der Waals surface area contributed by atoms with E-state index in [1.807, 2.05) is 72.8 Å². The molecular formula is C22H18ClN3O. The van der Waals surface area contributed by atoms with E-state index in [9.17, 15) is 0 Å². The van der Waals surface area contributed by atoms with Crippen LogP contribution in [0.2, 0.25) is 5.02 Å². The zero-order valence-corrected chi connectivity index (χ0v) is 15.6. The molecular weight excluding hydrogens is 358 g/mol. The maximum atomic E-state index is 6.09. The summed E-state index contributed by atoms with van der Waals surface area (Å²) in [6.45, 7) is 0.629. The van der Waals surface area contributed by atoms with Gasteiger partial charge in [0, 0.05) is 22.5 Å². The number of aromatic nitrogens is 2. The lowest BCUT2D eigenvalue weighted by Crippen LogP contribution is -2.04. The molecule has 0 saturated carbocycles. The van der Waals surface area contributed by atoms with Gasteiger partial charge < -0.3 is 10.1 Å². The maximum Gasteiger partial charge on any atom is 0.162 e. The molecule has 0 amide bonds. The third-order valence-corrected chi connectivity index (χ3v) is 4.54. The highest BCUT2D eigenvalue weighted by Crippen LogP contribution is 2.26. The molecule has 0 unspecified atom stereocenters. The second-order valence-corrected chi connectivity index (χ2v) is 6.56. The summed E-state index contributed by atoms with van der Waals surface area (Å²) in [6.07, 6.45) is 0. The average Bonchev–Trinajstić information content (AvgIpc) is 2.72. The number of hydrogen-bond acceptors (Lipinski definition) is 4. The molecule has 0 saturated heterocycles. The Morgan fingerprint density at radius 2 is 1.74 bits per heavy atom. The molecule has 0 radical (unpaired) electrons. The smallest absolute Gasteiger partial charge is 0.162 e. The monoisotopic (exact) mass is 375 g/mol. The van der Waals surface area contributed by atoms with Crippen LogP contribution in [-0.4, -0.2) is 17.1 Å². The fourth-order valence-corrected chi connectivity index (χ4v) is 3.13. The fourth-order valence-electron chi connectivity index (χ4n) is 2.91. The quantitative estimate of drug-likeness (QED) is 0.495. The van der Waals surface area contributed by atoms with Gasteiger partial charge in [-0.05, 0) is 54.1 Å². The van der Waals surface area contributed by atoms with Gasteiger partial charge in [-0.25, -0.2) is 9.97 Å². The summed E-state index contributed by atoms with van der Waals surface area (Å²) >= 11 is 6.09. The van der Waals surface area contributed by atoms with Crippen molar-refractivity contribution in [2.75, 3.05) is 12.4 Å². The van der Waals surface area contributed by atoms with Gasteiger partial charge in [0.05, 0.1) is 12.6 Å². The highest BCUT2D eigenvalue weighted by Gasteiger charge is 2.09. The number of halogens is 1. The van der Waals surface area contributed by atoms with Crippen LogP contribution < -0.4 is 10.1 Å². The molecule has 4 rings (SSSR count). The Hall–Kier alpha value is -3.11. The topological polar surface area (TPSA) is 47.0 Å². The second-order valence-electron chi connectivity index (χ2n) is 6.12. The lowest BCUT2D eigenvalue weighted by Gasteiger charge is -2.11.